The molecule has 2 amide bonds. The second-order valence-electron chi connectivity index (χ2n) is 6.41. The first kappa shape index (κ1) is 16.5. The molecule has 0 aliphatic heterocycles. The molecule has 1 fully saturated rings. The molecule has 0 unspecified atom stereocenters. The third-order valence-electron chi connectivity index (χ3n) is 4.17. The number of hydrogen-bond acceptors (Lipinski definition) is 2. The molecule has 24 heavy (non-hydrogen) atoms. The zero-order chi connectivity index (χ0) is 16.9. The van der Waals surface area contributed by atoms with Crippen LogP contribution in [0.5, 0.6) is 0 Å². The molecule has 2 aromatic rings. The summed E-state index contributed by atoms with van der Waals surface area (Å²) in [6.07, 6.45) is 2.17. The standard InChI is InChI=1S/C20H24N2O2/c1-15-5-3-6-16(11-15)13-22(19-9-10-19)20(23)21-18-8-4-7-17(12-18)14-24-2/h3-8,11-12,19H,9-10,13-14H2,1-2H3,(H,21,23). The molecule has 2 aromatic carbocycles. The van der Waals surface area contributed by atoms with Gasteiger partial charge >= 0.3 is 6.03 Å². The Labute approximate surface area is 143 Å². The fraction of sp³-hybridized carbons (Fsp3) is 0.350. The molecule has 0 heterocycles. The van der Waals surface area contributed by atoms with Gasteiger partial charge in [0, 0.05) is 25.4 Å². The number of urea groups is 1. The second-order valence-corrected chi connectivity index (χ2v) is 6.41. The number of amides is 2. The third-order valence-corrected chi connectivity index (χ3v) is 4.17. The number of nitrogens with one attached hydrogen (secondary N) is 1. The summed E-state index contributed by atoms with van der Waals surface area (Å²) in [6.45, 7) is 3.27. The van der Waals surface area contributed by atoms with E-state index < -0.39 is 0 Å². The molecular formula is C20H24N2O2. The molecular weight excluding hydrogens is 300 g/mol. The zero-order valence-electron chi connectivity index (χ0n) is 14.3. The van der Waals surface area contributed by atoms with E-state index in [0.29, 0.717) is 19.2 Å². The van der Waals surface area contributed by atoms with Crippen LogP contribution in [-0.4, -0.2) is 24.1 Å². The van der Waals surface area contributed by atoms with E-state index in [-0.39, 0.29) is 6.03 Å². The van der Waals surface area contributed by atoms with Crippen molar-refractivity contribution in [2.75, 3.05) is 12.4 Å². The molecule has 1 N–H and O–H groups in total. The normalized spacial score (nSPS) is 13.6. The van der Waals surface area contributed by atoms with Crippen LogP contribution in [0.25, 0.3) is 0 Å². The van der Waals surface area contributed by atoms with Crippen molar-refractivity contribution in [1.82, 2.24) is 4.90 Å². The number of hydrogen-bond donors (Lipinski definition) is 1. The number of ether oxygens (including phenoxy) is 1. The third kappa shape index (κ3) is 4.36. The van der Waals surface area contributed by atoms with Crippen molar-refractivity contribution in [3.05, 3.63) is 65.2 Å². The number of carbonyl (C=O) groups excluding carboxylic acids is 1. The van der Waals surface area contributed by atoms with Crippen molar-refractivity contribution in [1.29, 1.82) is 0 Å². The Bertz CT molecular complexity index is 710. The van der Waals surface area contributed by atoms with Crippen molar-refractivity contribution in [3.63, 3.8) is 0 Å². The van der Waals surface area contributed by atoms with Crippen LogP contribution in [0.4, 0.5) is 10.5 Å². The van der Waals surface area contributed by atoms with Crippen molar-refractivity contribution >= 4 is 11.7 Å². The molecule has 0 spiro atoms. The fourth-order valence-corrected chi connectivity index (χ4v) is 2.86. The number of carbonyl (C=O) groups is 1. The average molecular weight is 324 g/mol. The van der Waals surface area contributed by atoms with E-state index in [1.165, 1.54) is 11.1 Å². The minimum Gasteiger partial charge on any atom is -0.380 e. The highest BCUT2D eigenvalue weighted by Crippen LogP contribution is 2.29. The largest absolute Gasteiger partial charge is 0.380 e. The van der Waals surface area contributed by atoms with Crippen LogP contribution in [0.1, 0.15) is 29.5 Å². The molecule has 0 bridgehead atoms. The maximum atomic E-state index is 12.7. The molecule has 0 saturated heterocycles. The van der Waals surface area contributed by atoms with E-state index >= 15 is 0 Å². The quantitative estimate of drug-likeness (QED) is 0.859. The van der Waals surface area contributed by atoms with Crippen LogP contribution in [0.2, 0.25) is 0 Å². The summed E-state index contributed by atoms with van der Waals surface area (Å²) in [5.74, 6) is 0. The van der Waals surface area contributed by atoms with Crippen LogP contribution in [0, 0.1) is 6.92 Å². The predicted molar refractivity (Wildman–Crippen MR) is 95.9 cm³/mol. The Hall–Kier alpha value is -2.33. The van der Waals surface area contributed by atoms with Crippen LogP contribution in [0.3, 0.4) is 0 Å². The maximum Gasteiger partial charge on any atom is 0.322 e. The molecule has 0 aromatic heterocycles. The van der Waals surface area contributed by atoms with Gasteiger partial charge in [0.1, 0.15) is 0 Å². The van der Waals surface area contributed by atoms with Crippen molar-refractivity contribution in [2.24, 2.45) is 0 Å². The summed E-state index contributed by atoms with van der Waals surface area (Å²) in [5, 5.41) is 3.03. The van der Waals surface area contributed by atoms with E-state index in [1.54, 1.807) is 7.11 Å². The number of rotatable bonds is 6. The Balaban J connectivity index is 1.69. The van der Waals surface area contributed by atoms with Gasteiger partial charge in [0.15, 0.2) is 0 Å². The lowest BCUT2D eigenvalue weighted by Gasteiger charge is -2.23. The SMILES string of the molecule is COCc1cccc(NC(=O)N(Cc2cccc(C)c2)C2CC2)c1. The highest BCUT2D eigenvalue weighted by molar-refractivity contribution is 5.89. The first-order chi connectivity index (χ1) is 11.7. The lowest BCUT2D eigenvalue weighted by molar-refractivity contribution is 0.185. The molecule has 4 nitrogen and oxygen atoms in total. The Morgan fingerprint density at radius 2 is 1.92 bits per heavy atom. The Morgan fingerprint density at radius 3 is 2.62 bits per heavy atom. The van der Waals surface area contributed by atoms with Gasteiger partial charge < -0.3 is 15.0 Å². The van der Waals surface area contributed by atoms with E-state index in [0.717, 1.165) is 24.1 Å². The summed E-state index contributed by atoms with van der Waals surface area (Å²) in [5.41, 5.74) is 4.25. The molecule has 0 atom stereocenters. The fourth-order valence-electron chi connectivity index (χ4n) is 2.86. The maximum absolute atomic E-state index is 12.7. The van der Waals surface area contributed by atoms with Crippen LogP contribution in [-0.2, 0) is 17.9 Å². The van der Waals surface area contributed by atoms with Gasteiger partial charge in [0.2, 0.25) is 0 Å². The van der Waals surface area contributed by atoms with Crippen LogP contribution >= 0.6 is 0 Å². The predicted octanol–water partition coefficient (Wildman–Crippen LogP) is 4.34. The molecule has 0 radical (unpaired) electrons. The summed E-state index contributed by atoms with van der Waals surface area (Å²) in [7, 11) is 1.67. The smallest absolute Gasteiger partial charge is 0.322 e. The highest BCUT2D eigenvalue weighted by Gasteiger charge is 2.32. The van der Waals surface area contributed by atoms with Crippen LogP contribution < -0.4 is 5.32 Å². The molecule has 1 saturated carbocycles. The molecule has 1 aliphatic carbocycles. The van der Waals surface area contributed by atoms with Gasteiger partial charge in [0.05, 0.1) is 6.61 Å². The number of aryl methyl sites for hydroxylation is 1. The molecule has 126 valence electrons. The highest BCUT2D eigenvalue weighted by atomic mass is 16.5. The second kappa shape index (κ2) is 7.49. The number of methoxy groups -OCH3 is 1. The first-order valence-corrected chi connectivity index (χ1v) is 8.37. The van der Waals surface area contributed by atoms with Crippen molar-refractivity contribution in [2.45, 2.75) is 39.0 Å². The minimum absolute atomic E-state index is 0.0337. The van der Waals surface area contributed by atoms with Crippen molar-refractivity contribution in [3.8, 4) is 0 Å². The van der Waals surface area contributed by atoms with Gasteiger partial charge in [0.25, 0.3) is 0 Å². The van der Waals surface area contributed by atoms with Gasteiger partial charge in [-0.2, -0.15) is 0 Å². The number of anilines is 1. The summed E-state index contributed by atoms with van der Waals surface area (Å²) >= 11 is 0. The lowest BCUT2D eigenvalue weighted by atomic mass is 10.1. The van der Waals surface area contributed by atoms with Gasteiger partial charge in [-0.15, -0.1) is 0 Å². The zero-order valence-corrected chi connectivity index (χ0v) is 14.3. The topological polar surface area (TPSA) is 41.6 Å². The lowest BCUT2D eigenvalue weighted by Crippen LogP contribution is -2.36. The van der Waals surface area contributed by atoms with Gasteiger partial charge in [-0.1, -0.05) is 42.0 Å². The minimum atomic E-state index is -0.0337. The molecule has 4 heteroatoms. The Morgan fingerprint density at radius 1 is 1.17 bits per heavy atom. The number of nitrogens with zero attached hydrogens (tertiary/aromatic N) is 1. The van der Waals surface area contributed by atoms with Gasteiger partial charge in [-0.25, -0.2) is 4.79 Å². The van der Waals surface area contributed by atoms with Crippen molar-refractivity contribution < 1.29 is 9.53 Å². The summed E-state index contributed by atoms with van der Waals surface area (Å²) in [4.78, 5) is 14.7. The average Bonchev–Trinajstić information content (AvgIpc) is 3.38. The van der Waals surface area contributed by atoms with E-state index in [9.17, 15) is 4.79 Å². The molecule has 3 rings (SSSR count). The summed E-state index contributed by atoms with van der Waals surface area (Å²) in [6, 6.07) is 16.5. The Kier molecular flexibility index (Phi) is 5.16. The van der Waals surface area contributed by atoms with Gasteiger partial charge in [-0.3, -0.25) is 0 Å². The summed E-state index contributed by atoms with van der Waals surface area (Å²) < 4.78 is 5.15. The van der Waals surface area contributed by atoms with E-state index in [4.69, 9.17) is 4.74 Å². The monoisotopic (exact) mass is 324 g/mol. The van der Waals surface area contributed by atoms with E-state index in [1.807, 2.05) is 35.2 Å². The molecule has 1 aliphatic rings. The van der Waals surface area contributed by atoms with Crippen LogP contribution in [0.15, 0.2) is 48.5 Å². The number of benzene rings is 2. The van der Waals surface area contributed by atoms with E-state index in [2.05, 4.69) is 30.4 Å². The first-order valence-electron chi connectivity index (χ1n) is 8.37. The van der Waals surface area contributed by atoms with Gasteiger partial charge in [-0.05, 0) is 43.0 Å².